The first-order valence-electron chi connectivity index (χ1n) is 10.5. The van der Waals surface area contributed by atoms with Gasteiger partial charge in [0.1, 0.15) is 17.5 Å². The summed E-state index contributed by atoms with van der Waals surface area (Å²) in [5.74, 6) is 0.990. The Hall–Kier alpha value is -2.44. The number of nitrogens with one attached hydrogen (secondary N) is 1. The van der Waals surface area contributed by atoms with Crippen LogP contribution in [0.15, 0.2) is 42.5 Å². The van der Waals surface area contributed by atoms with E-state index in [1.54, 1.807) is 49.6 Å². The maximum atomic E-state index is 13.2. The van der Waals surface area contributed by atoms with Crippen molar-refractivity contribution in [2.75, 3.05) is 20.3 Å². The lowest BCUT2D eigenvalue weighted by molar-refractivity contribution is -0.143. The molecule has 0 unspecified atom stereocenters. The molecule has 2 aromatic carbocycles. The average Bonchev–Trinajstić information content (AvgIpc) is 2.77. The molecule has 8 heteroatoms. The van der Waals surface area contributed by atoms with Gasteiger partial charge in [-0.25, -0.2) is 0 Å². The zero-order valence-electron chi connectivity index (χ0n) is 18.9. The lowest BCUT2D eigenvalue weighted by atomic mass is 10.1. The third kappa shape index (κ3) is 7.61. The Balaban J connectivity index is 2.21. The van der Waals surface area contributed by atoms with Crippen LogP contribution in [0.5, 0.6) is 11.5 Å². The lowest BCUT2D eigenvalue weighted by Gasteiger charge is -2.31. The van der Waals surface area contributed by atoms with E-state index in [9.17, 15) is 9.59 Å². The molecule has 2 amide bonds. The zero-order chi connectivity index (χ0) is 23.7. The van der Waals surface area contributed by atoms with Crippen molar-refractivity contribution >= 4 is 35.0 Å². The van der Waals surface area contributed by atoms with Crippen LogP contribution in [-0.2, 0) is 16.1 Å². The normalized spacial score (nSPS) is 11.7. The lowest BCUT2D eigenvalue weighted by Crippen LogP contribution is -2.50. The second-order valence-corrected chi connectivity index (χ2v) is 8.63. The van der Waals surface area contributed by atoms with Crippen molar-refractivity contribution in [1.29, 1.82) is 0 Å². The summed E-state index contributed by atoms with van der Waals surface area (Å²) in [6.07, 6.45) is 0.448. The number of carbonyl (C=O) groups excluding carboxylic acids is 2. The van der Waals surface area contributed by atoms with Crippen LogP contribution in [0.3, 0.4) is 0 Å². The fourth-order valence-corrected chi connectivity index (χ4v) is 3.54. The molecule has 0 aliphatic heterocycles. The number of methoxy groups -OCH3 is 1. The third-order valence-corrected chi connectivity index (χ3v) is 5.43. The molecule has 0 radical (unpaired) electrons. The summed E-state index contributed by atoms with van der Waals surface area (Å²) in [6, 6.07) is 11.4. The third-order valence-electron chi connectivity index (χ3n) is 4.85. The van der Waals surface area contributed by atoms with E-state index in [1.807, 2.05) is 20.8 Å². The summed E-state index contributed by atoms with van der Waals surface area (Å²) in [7, 11) is 1.58. The Labute approximate surface area is 199 Å². The summed E-state index contributed by atoms with van der Waals surface area (Å²) in [6.45, 7) is 6.37. The van der Waals surface area contributed by atoms with E-state index in [1.165, 1.54) is 4.90 Å². The maximum absolute atomic E-state index is 13.2. The van der Waals surface area contributed by atoms with E-state index >= 15 is 0 Å². The minimum Gasteiger partial charge on any atom is -0.497 e. The van der Waals surface area contributed by atoms with Gasteiger partial charge in [-0.2, -0.15) is 0 Å². The smallest absolute Gasteiger partial charge is 0.261 e. The molecule has 0 fully saturated rings. The molecule has 174 valence electrons. The summed E-state index contributed by atoms with van der Waals surface area (Å²) in [4.78, 5) is 27.6. The Morgan fingerprint density at radius 1 is 1.06 bits per heavy atom. The molecular formula is C24H30Cl2N2O4. The molecule has 1 N–H and O–H groups in total. The van der Waals surface area contributed by atoms with Crippen LogP contribution in [0.1, 0.15) is 32.8 Å². The van der Waals surface area contributed by atoms with Crippen molar-refractivity contribution in [2.45, 2.75) is 39.8 Å². The number of ether oxygens (including phenoxy) is 2. The highest BCUT2D eigenvalue weighted by molar-refractivity contribution is 6.35. The summed E-state index contributed by atoms with van der Waals surface area (Å²) < 4.78 is 10.8. The predicted molar refractivity (Wildman–Crippen MR) is 127 cm³/mol. The van der Waals surface area contributed by atoms with E-state index in [0.29, 0.717) is 46.0 Å². The molecule has 0 aromatic heterocycles. The standard InChI is InChI=1S/C24H30Cl2N2O4/c1-5-22(24(30)27-13-16(2)3)28(14-17-6-7-18(25)12-21(17)26)23(29)15-32-20-10-8-19(31-4)9-11-20/h6-12,16,22H,5,13-15H2,1-4H3,(H,27,30)/t22-/m0/s1. The molecule has 2 rings (SSSR count). The van der Waals surface area contributed by atoms with Gasteiger partial charge < -0.3 is 19.7 Å². The number of hydrogen-bond donors (Lipinski definition) is 1. The van der Waals surface area contributed by atoms with Gasteiger partial charge in [-0.1, -0.05) is 50.0 Å². The molecule has 0 heterocycles. The SMILES string of the molecule is CC[C@@H](C(=O)NCC(C)C)N(Cc1ccc(Cl)cc1Cl)C(=O)COc1ccc(OC)cc1. The highest BCUT2D eigenvalue weighted by Gasteiger charge is 2.29. The fraction of sp³-hybridized carbons (Fsp3) is 0.417. The number of rotatable bonds is 11. The first-order chi connectivity index (χ1) is 15.2. The van der Waals surface area contributed by atoms with Gasteiger partial charge >= 0.3 is 0 Å². The van der Waals surface area contributed by atoms with E-state index in [2.05, 4.69) is 5.32 Å². The zero-order valence-corrected chi connectivity index (χ0v) is 20.4. The van der Waals surface area contributed by atoms with Gasteiger partial charge in [0, 0.05) is 23.1 Å². The molecule has 0 aliphatic rings. The fourth-order valence-electron chi connectivity index (χ4n) is 3.08. The molecule has 6 nitrogen and oxygen atoms in total. The van der Waals surface area contributed by atoms with E-state index < -0.39 is 6.04 Å². The van der Waals surface area contributed by atoms with Crippen LogP contribution in [-0.4, -0.2) is 43.0 Å². The molecule has 0 spiro atoms. The highest BCUT2D eigenvalue weighted by Crippen LogP contribution is 2.24. The van der Waals surface area contributed by atoms with Crippen LogP contribution >= 0.6 is 23.2 Å². The molecule has 0 aliphatic carbocycles. The largest absolute Gasteiger partial charge is 0.497 e. The Kier molecular flexibility index (Phi) is 10.1. The number of hydrogen-bond acceptors (Lipinski definition) is 4. The Morgan fingerprint density at radius 2 is 1.72 bits per heavy atom. The first kappa shape index (κ1) is 25.8. The first-order valence-corrected chi connectivity index (χ1v) is 11.3. The highest BCUT2D eigenvalue weighted by atomic mass is 35.5. The van der Waals surface area contributed by atoms with Crippen LogP contribution < -0.4 is 14.8 Å². The van der Waals surface area contributed by atoms with Crippen molar-refractivity contribution in [2.24, 2.45) is 5.92 Å². The topological polar surface area (TPSA) is 67.9 Å². The van der Waals surface area contributed by atoms with Crippen LogP contribution in [0, 0.1) is 5.92 Å². The van der Waals surface area contributed by atoms with E-state index in [-0.39, 0.29) is 25.0 Å². The minimum atomic E-state index is -0.660. The Bertz CT molecular complexity index is 903. The number of benzene rings is 2. The van der Waals surface area contributed by atoms with Crippen molar-refractivity contribution in [1.82, 2.24) is 10.2 Å². The molecule has 32 heavy (non-hydrogen) atoms. The Morgan fingerprint density at radius 3 is 2.28 bits per heavy atom. The predicted octanol–water partition coefficient (Wildman–Crippen LogP) is 4.96. The molecule has 0 saturated carbocycles. The monoisotopic (exact) mass is 480 g/mol. The van der Waals surface area contributed by atoms with Gasteiger partial charge in [0.2, 0.25) is 5.91 Å². The van der Waals surface area contributed by atoms with Crippen molar-refractivity contribution < 1.29 is 19.1 Å². The summed E-state index contributed by atoms with van der Waals surface area (Å²) in [5.41, 5.74) is 0.698. The molecule has 2 aromatic rings. The van der Waals surface area contributed by atoms with Crippen molar-refractivity contribution in [3.05, 3.63) is 58.1 Å². The van der Waals surface area contributed by atoms with Gasteiger partial charge in [0.25, 0.3) is 5.91 Å². The molecular weight excluding hydrogens is 451 g/mol. The second-order valence-electron chi connectivity index (χ2n) is 7.78. The van der Waals surface area contributed by atoms with Crippen LogP contribution in [0.4, 0.5) is 0 Å². The molecule has 0 bridgehead atoms. The number of carbonyl (C=O) groups is 2. The van der Waals surface area contributed by atoms with Crippen LogP contribution in [0.25, 0.3) is 0 Å². The maximum Gasteiger partial charge on any atom is 0.261 e. The van der Waals surface area contributed by atoms with Gasteiger partial charge in [-0.3, -0.25) is 9.59 Å². The summed E-state index contributed by atoms with van der Waals surface area (Å²) >= 11 is 12.4. The quantitative estimate of drug-likeness (QED) is 0.493. The van der Waals surface area contributed by atoms with E-state index in [0.717, 1.165) is 0 Å². The second kappa shape index (κ2) is 12.6. The summed E-state index contributed by atoms with van der Waals surface area (Å²) in [5, 5.41) is 3.86. The van der Waals surface area contributed by atoms with Crippen molar-refractivity contribution in [3.63, 3.8) is 0 Å². The van der Waals surface area contributed by atoms with Gasteiger partial charge in [0.15, 0.2) is 6.61 Å². The number of halogens is 2. The van der Waals surface area contributed by atoms with Crippen molar-refractivity contribution in [3.8, 4) is 11.5 Å². The van der Waals surface area contributed by atoms with Crippen LogP contribution in [0.2, 0.25) is 10.0 Å². The van der Waals surface area contributed by atoms with Gasteiger partial charge in [0.05, 0.1) is 7.11 Å². The number of amides is 2. The van der Waals surface area contributed by atoms with E-state index in [4.69, 9.17) is 32.7 Å². The van der Waals surface area contributed by atoms with Gasteiger partial charge in [-0.05, 0) is 54.3 Å². The van der Waals surface area contributed by atoms with Gasteiger partial charge in [-0.15, -0.1) is 0 Å². The number of nitrogens with zero attached hydrogens (tertiary/aromatic N) is 1. The molecule has 1 atom stereocenters. The minimum absolute atomic E-state index is 0.161. The average molecular weight is 481 g/mol. The molecule has 0 saturated heterocycles.